The molecule has 0 atom stereocenters. The van der Waals surface area contributed by atoms with E-state index in [2.05, 4.69) is 0 Å². The maximum atomic E-state index is 12.9. The number of rotatable bonds is 4. The van der Waals surface area contributed by atoms with Gasteiger partial charge in [-0.25, -0.2) is 4.98 Å². The Labute approximate surface area is 154 Å². The lowest BCUT2D eigenvalue weighted by Gasteiger charge is -2.03. The van der Waals surface area contributed by atoms with Gasteiger partial charge in [-0.05, 0) is 24.3 Å². The summed E-state index contributed by atoms with van der Waals surface area (Å²) in [6.45, 7) is 0. The lowest BCUT2D eigenvalue weighted by molar-refractivity contribution is 0.104. The molecule has 0 spiro atoms. The minimum Gasteiger partial charge on any atom is -0.497 e. The van der Waals surface area contributed by atoms with Gasteiger partial charge in [0.05, 0.1) is 18.5 Å². The van der Waals surface area contributed by atoms with Gasteiger partial charge >= 0.3 is 0 Å². The Balaban J connectivity index is 1.78. The zero-order valence-corrected chi connectivity index (χ0v) is 14.9. The first-order valence-corrected chi connectivity index (χ1v) is 8.92. The second-order valence-corrected chi connectivity index (χ2v) is 6.82. The first kappa shape index (κ1) is 16.3. The summed E-state index contributed by atoms with van der Waals surface area (Å²) in [6.07, 6.45) is 0. The Hall–Kier alpha value is -3.18. The standard InChI is InChI=1S/C21H16N2O2S/c1-25-15-9-5-8-14(12-15)19(24)20-18(22)16-10-11-17(23-21(16)26-20)13-6-3-2-4-7-13/h2-12H,22H2,1H3. The van der Waals surface area contributed by atoms with Crippen LogP contribution in [0.2, 0.25) is 0 Å². The summed E-state index contributed by atoms with van der Waals surface area (Å²) in [5.74, 6) is 0.519. The van der Waals surface area contributed by atoms with Crippen LogP contribution >= 0.6 is 11.3 Å². The van der Waals surface area contributed by atoms with Gasteiger partial charge in [-0.2, -0.15) is 0 Å². The number of nitrogen functional groups attached to an aromatic ring is 1. The summed E-state index contributed by atoms with van der Waals surface area (Å²) in [5, 5.41) is 0.806. The fourth-order valence-electron chi connectivity index (χ4n) is 2.83. The molecule has 5 heteroatoms. The molecule has 2 N–H and O–H groups in total. The molecule has 0 bridgehead atoms. The van der Waals surface area contributed by atoms with Gasteiger partial charge in [0.15, 0.2) is 0 Å². The number of pyridine rings is 1. The second kappa shape index (κ2) is 6.61. The molecule has 26 heavy (non-hydrogen) atoms. The molecular weight excluding hydrogens is 344 g/mol. The maximum absolute atomic E-state index is 12.9. The van der Waals surface area contributed by atoms with Crippen molar-refractivity contribution in [3.8, 4) is 17.0 Å². The third-order valence-electron chi connectivity index (χ3n) is 4.20. The molecule has 4 rings (SSSR count). The highest BCUT2D eigenvalue weighted by molar-refractivity contribution is 7.21. The highest BCUT2D eigenvalue weighted by Crippen LogP contribution is 2.35. The zero-order chi connectivity index (χ0) is 18.1. The minimum atomic E-state index is -0.120. The van der Waals surface area contributed by atoms with Crippen LogP contribution in [-0.4, -0.2) is 17.9 Å². The van der Waals surface area contributed by atoms with Crippen LogP contribution in [0.5, 0.6) is 5.75 Å². The van der Waals surface area contributed by atoms with E-state index >= 15 is 0 Å². The molecule has 0 aliphatic heterocycles. The van der Waals surface area contributed by atoms with Crippen LogP contribution in [0.4, 0.5) is 5.69 Å². The fourth-order valence-corrected chi connectivity index (χ4v) is 3.89. The molecule has 0 fully saturated rings. The lowest BCUT2D eigenvalue weighted by Crippen LogP contribution is -2.02. The van der Waals surface area contributed by atoms with Gasteiger partial charge in [-0.3, -0.25) is 4.79 Å². The quantitative estimate of drug-likeness (QED) is 0.532. The number of fused-ring (bicyclic) bond motifs is 1. The Kier molecular flexibility index (Phi) is 4.14. The average Bonchev–Trinajstić information content (AvgIpc) is 3.04. The molecule has 4 nitrogen and oxygen atoms in total. The lowest BCUT2D eigenvalue weighted by atomic mass is 10.1. The van der Waals surface area contributed by atoms with Crippen molar-refractivity contribution in [1.29, 1.82) is 0 Å². The first-order chi connectivity index (χ1) is 12.7. The number of methoxy groups -OCH3 is 1. The van der Waals surface area contributed by atoms with Crippen molar-refractivity contribution < 1.29 is 9.53 Å². The fraction of sp³-hybridized carbons (Fsp3) is 0.0476. The third kappa shape index (κ3) is 2.82. The number of ether oxygens (including phenoxy) is 1. The smallest absolute Gasteiger partial charge is 0.205 e. The van der Waals surface area contributed by atoms with E-state index in [1.54, 1.807) is 31.4 Å². The average molecular weight is 360 g/mol. The van der Waals surface area contributed by atoms with E-state index in [-0.39, 0.29) is 5.78 Å². The number of nitrogens with two attached hydrogens (primary N) is 1. The molecule has 0 amide bonds. The SMILES string of the molecule is COc1cccc(C(=O)c2sc3nc(-c4ccccc4)ccc3c2N)c1. The van der Waals surface area contributed by atoms with Gasteiger partial charge in [0.2, 0.25) is 5.78 Å². The van der Waals surface area contributed by atoms with Crippen molar-refractivity contribution in [1.82, 2.24) is 4.98 Å². The summed E-state index contributed by atoms with van der Waals surface area (Å²) in [5.41, 5.74) is 9.17. The van der Waals surface area contributed by atoms with Crippen LogP contribution in [0, 0.1) is 0 Å². The predicted molar refractivity (Wildman–Crippen MR) is 106 cm³/mol. The van der Waals surface area contributed by atoms with E-state index in [0.29, 0.717) is 21.9 Å². The molecule has 0 aliphatic carbocycles. The summed E-state index contributed by atoms with van der Waals surface area (Å²) in [7, 11) is 1.58. The molecule has 0 radical (unpaired) electrons. The number of hydrogen-bond donors (Lipinski definition) is 1. The Morgan fingerprint density at radius 1 is 1.04 bits per heavy atom. The summed E-state index contributed by atoms with van der Waals surface area (Å²) >= 11 is 1.32. The number of carbonyl (C=O) groups excluding carboxylic acids is 1. The normalized spacial score (nSPS) is 10.8. The van der Waals surface area contributed by atoms with Crippen molar-refractivity contribution >= 4 is 33.0 Å². The van der Waals surface area contributed by atoms with E-state index in [1.165, 1.54) is 11.3 Å². The number of benzene rings is 2. The Bertz CT molecular complexity index is 1100. The van der Waals surface area contributed by atoms with E-state index in [4.69, 9.17) is 15.5 Å². The highest BCUT2D eigenvalue weighted by Gasteiger charge is 2.19. The van der Waals surface area contributed by atoms with E-state index in [0.717, 1.165) is 21.5 Å². The number of ketones is 1. The van der Waals surface area contributed by atoms with E-state index < -0.39 is 0 Å². The molecule has 128 valence electrons. The van der Waals surface area contributed by atoms with E-state index in [9.17, 15) is 4.79 Å². The Morgan fingerprint density at radius 2 is 1.85 bits per heavy atom. The predicted octanol–water partition coefficient (Wildman–Crippen LogP) is 4.79. The van der Waals surface area contributed by atoms with Crippen LogP contribution in [0.25, 0.3) is 21.5 Å². The van der Waals surface area contributed by atoms with Crippen molar-refractivity contribution in [2.24, 2.45) is 0 Å². The molecule has 0 aliphatic rings. The molecule has 2 aromatic heterocycles. The van der Waals surface area contributed by atoms with Gasteiger partial charge in [-0.15, -0.1) is 11.3 Å². The topological polar surface area (TPSA) is 65.2 Å². The Morgan fingerprint density at radius 3 is 2.62 bits per heavy atom. The maximum Gasteiger partial charge on any atom is 0.205 e. The van der Waals surface area contributed by atoms with Crippen LogP contribution in [-0.2, 0) is 0 Å². The number of anilines is 1. The highest BCUT2D eigenvalue weighted by atomic mass is 32.1. The number of carbonyl (C=O) groups is 1. The number of aromatic nitrogens is 1. The number of thiophene rings is 1. The summed E-state index contributed by atoms with van der Waals surface area (Å²) < 4.78 is 5.20. The van der Waals surface area contributed by atoms with Crippen LogP contribution in [0.15, 0.2) is 66.7 Å². The molecule has 0 saturated heterocycles. The van der Waals surface area contributed by atoms with E-state index in [1.807, 2.05) is 42.5 Å². The van der Waals surface area contributed by atoms with Crippen molar-refractivity contribution in [3.05, 3.63) is 77.2 Å². The summed E-state index contributed by atoms with van der Waals surface area (Å²) in [6, 6.07) is 20.9. The van der Waals surface area contributed by atoms with Crippen LogP contribution < -0.4 is 10.5 Å². The van der Waals surface area contributed by atoms with Crippen molar-refractivity contribution in [2.75, 3.05) is 12.8 Å². The zero-order valence-electron chi connectivity index (χ0n) is 14.1. The third-order valence-corrected chi connectivity index (χ3v) is 5.32. The van der Waals surface area contributed by atoms with Crippen LogP contribution in [0.1, 0.15) is 15.2 Å². The first-order valence-electron chi connectivity index (χ1n) is 8.10. The van der Waals surface area contributed by atoms with Gasteiger partial charge in [-0.1, -0.05) is 42.5 Å². The largest absolute Gasteiger partial charge is 0.497 e. The van der Waals surface area contributed by atoms with Crippen molar-refractivity contribution in [2.45, 2.75) is 0 Å². The second-order valence-electron chi connectivity index (χ2n) is 5.82. The van der Waals surface area contributed by atoms with Gasteiger partial charge in [0.1, 0.15) is 15.5 Å². The molecular formula is C21H16N2O2S. The number of hydrogen-bond acceptors (Lipinski definition) is 5. The monoisotopic (exact) mass is 360 g/mol. The minimum absolute atomic E-state index is 0.120. The molecule has 4 aromatic rings. The molecule has 0 saturated carbocycles. The summed E-state index contributed by atoms with van der Waals surface area (Å²) in [4.78, 5) is 18.9. The van der Waals surface area contributed by atoms with Crippen LogP contribution in [0.3, 0.4) is 0 Å². The molecule has 2 heterocycles. The van der Waals surface area contributed by atoms with Crippen molar-refractivity contribution in [3.63, 3.8) is 0 Å². The van der Waals surface area contributed by atoms with Gasteiger partial charge in [0, 0.05) is 16.5 Å². The molecule has 0 unspecified atom stereocenters. The molecule has 2 aromatic carbocycles. The van der Waals surface area contributed by atoms with Gasteiger partial charge < -0.3 is 10.5 Å². The number of nitrogens with zero attached hydrogens (tertiary/aromatic N) is 1. The van der Waals surface area contributed by atoms with Gasteiger partial charge in [0.25, 0.3) is 0 Å².